The van der Waals surface area contributed by atoms with Gasteiger partial charge in [0.15, 0.2) is 0 Å². The molecule has 1 saturated carbocycles. The zero-order valence-electron chi connectivity index (χ0n) is 12.0. The number of carbonyl (C=O) groups excluding carboxylic acids is 1. The first-order chi connectivity index (χ1) is 9.66. The number of nitrogens with zero attached hydrogens (tertiary/aromatic N) is 2. The van der Waals surface area contributed by atoms with Crippen molar-refractivity contribution in [2.45, 2.75) is 51.2 Å². The van der Waals surface area contributed by atoms with Gasteiger partial charge in [-0.05, 0) is 44.7 Å². The molecule has 4 nitrogen and oxygen atoms in total. The Morgan fingerprint density at radius 1 is 1.35 bits per heavy atom. The predicted molar refractivity (Wildman–Crippen MR) is 76.4 cm³/mol. The summed E-state index contributed by atoms with van der Waals surface area (Å²) in [5, 5.41) is 10.1. The van der Waals surface area contributed by atoms with E-state index in [1.54, 1.807) is 12.3 Å². The highest BCUT2D eigenvalue weighted by atomic mass is 16.3. The zero-order valence-corrected chi connectivity index (χ0v) is 12.0. The van der Waals surface area contributed by atoms with E-state index in [4.69, 9.17) is 0 Å². The molecule has 3 rings (SSSR count). The maximum atomic E-state index is 12.7. The molecule has 1 aliphatic heterocycles. The van der Waals surface area contributed by atoms with Crippen LogP contribution < -0.4 is 0 Å². The standard InChI is InChI=1S/C16H22N2O2/c1-11-10-12(7-8-17-11)16(20)18-9-3-5-14(18)13-4-2-6-15(13)19/h7-8,10,13-15,19H,2-6,9H2,1H3. The number of aromatic nitrogens is 1. The highest BCUT2D eigenvalue weighted by Gasteiger charge is 2.40. The number of amides is 1. The van der Waals surface area contributed by atoms with Gasteiger partial charge in [0.1, 0.15) is 0 Å². The summed E-state index contributed by atoms with van der Waals surface area (Å²) >= 11 is 0. The van der Waals surface area contributed by atoms with Gasteiger partial charge >= 0.3 is 0 Å². The number of aryl methyl sites for hydroxylation is 1. The monoisotopic (exact) mass is 274 g/mol. The lowest BCUT2D eigenvalue weighted by atomic mass is 9.93. The third-order valence-electron chi connectivity index (χ3n) is 4.73. The first kappa shape index (κ1) is 13.6. The second-order valence-corrected chi connectivity index (χ2v) is 6.06. The average Bonchev–Trinajstić information content (AvgIpc) is 3.06. The molecule has 3 unspecified atom stereocenters. The van der Waals surface area contributed by atoms with Crippen molar-refractivity contribution >= 4 is 5.91 Å². The number of aliphatic hydroxyl groups excluding tert-OH is 1. The van der Waals surface area contributed by atoms with Crippen molar-refractivity contribution in [1.82, 2.24) is 9.88 Å². The molecule has 1 N–H and O–H groups in total. The fraction of sp³-hybridized carbons (Fsp3) is 0.625. The first-order valence-corrected chi connectivity index (χ1v) is 7.58. The minimum atomic E-state index is -0.229. The maximum absolute atomic E-state index is 12.7. The van der Waals surface area contributed by atoms with Crippen LogP contribution in [-0.2, 0) is 0 Å². The minimum absolute atomic E-state index is 0.0945. The Labute approximate surface area is 119 Å². The zero-order chi connectivity index (χ0) is 14.1. The van der Waals surface area contributed by atoms with Crippen LogP contribution in [0.15, 0.2) is 18.3 Å². The van der Waals surface area contributed by atoms with Gasteiger partial charge in [0.2, 0.25) is 0 Å². The Balaban J connectivity index is 1.79. The van der Waals surface area contributed by atoms with Gasteiger partial charge in [-0.1, -0.05) is 6.42 Å². The molecule has 1 amide bonds. The fourth-order valence-corrected chi connectivity index (χ4v) is 3.75. The second kappa shape index (κ2) is 5.52. The van der Waals surface area contributed by atoms with Gasteiger partial charge < -0.3 is 10.0 Å². The van der Waals surface area contributed by atoms with Crippen LogP contribution in [-0.4, -0.2) is 39.6 Å². The predicted octanol–water partition coefficient (Wildman–Crippen LogP) is 2.16. The van der Waals surface area contributed by atoms with Crippen LogP contribution in [0.4, 0.5) is 0 Å². The Bertz CT molecular complexity index is 503. The molecule has 2 aliphatic rings. The van der Waals surface area contributed by atoms with Crippen LogP contribution in [0.3, 0.4) is 0 Å². The Morgan fingerprint density at radius 3 is 2.90 bits per heavy atom. The molecule has 4 heteroatoms. The lowest BCUT2D eigenvalue weighted by Crippen LogP contribution is -2.42. The summed E-state index contributed by atoms with van der Waals surface area (Å²) in [6.07, 6.45) is 6.55. The van der Waals surface area contributed by atoms with E-state index < -0.39 is 0 Å². The number of carbonyl (C=O) groups is 1. The van der Waals surface area contributed by atoms with E-state index in [2.05, 4.69) is 4.98 Å². The number of hydrogen-bond acceptors (Lipinski definition) is 3. The average molecular weight is 274 g/mol. The van der Waals surface area contributed by atoms with E-state index >= 15 is 0 Å². The SMILES string of the molecule is Cc1cc(C(=O)N2CCCC2C2CCCC2O)ccn1. The number of aliphatic hydroxyl groups is 1. The molecule has 1 saturated heterocycles. The lowest BCUT2D eigenvalue weighted by molar-refractivity contribution is 0.0527. The van der Waals surface area contributed by atoms with Crippen molar-refractivity contribution in [1.29, 1.82) is 0 Å². The molecule has 1 aromatic heterocycles. The van der Waals surface area contributed by atoms with E-state index in [1.807, 2.05) is 17.9 Å². The lowest BCUT2D eigenvalue weighted by Gasteiger charge is -2.31. The number of pyridine rings is 1. The van der Waals surface area contributed by atoms with E-state index in [1.165, 1.54) is 0 Å². The second-order valence-electron chi connectivity index (χ2n) is 6.06. The largest absolute Gasteiger partial charge is 0.393 e. The molecule has 2 heterocycles. The highest BCUT2D eigenvalue weighted by Crippen LogP contribution is 2.36. The van der Waals surface area contributed by atoms with Gasteiger partial charge in [0.25, 0.3) is 5.91 Å². The summed E-state index contributed by atoms with van der Waals surface area (Å²) in [7, 11) is 0. The topological polar surface area (TPSA) is 53.4 Å². The molecule has 3 atom stereocenters. The molecule has 20 heavy (non-hydrogen) atoms. The number of likely N-dealkylation sites (tertiary alicyclic amines) is 1. The van der Waals surface area contributed by atoms with Crippen LogP contribution >= 0.6 is 0 Å². The summed E-state index contributed by atoms with van der Waals surface area (Å²) in [5.74, 6) is 0.362. The number of hydrogen-bond donors (Lipinski definition) is 1. The van der Waals surface area contributed by atoms with Gasteiger partial charge in [-0.25, -0.2) is 0 Å². The molecule has 2 fully saturated rings. The van der Waals surface area contributed by atoms with Gasteiger partial charge in [-0.3, -0.25) is 9.78 Å². The summed E-state index contributed by atoms with van der Waals surface area (Å²) in [6, 6.07) is 3.85. The summed E-state index contributed by atoms with van der Waals surface area (Å²) in [4.78, 5) is 18.8. The van der Waals surface area contributed by atoms with Gasteiger partial charge in [0, 0.05) is 36.0 Å². The van der Waals surface area contributed by atoms with E-state index in [0.717, 1.165) is 49.9 Å². The van der Waals surface area contributed by atoms with E-state index in [0.29, 0.717) is 0 Å². The van der Waals surface area contributed by atoms with Crippen LogP contribution in [0.1, 0.15) is 48.2 Å². The minimum Gasteiger partial charge on any atom is -0.393 e. The van der Waals surface area contributed by atoms with Crippen molar-refractivity contribution in [2.24, 2.45) is 5.92 Å². The quantitative estimate of drug-likeness (QED) is 0.899. The van der Waals surface area contributed by atoms with Gasteiger partial charge in [-0.15, -0.1) is 0 Å². The fourth-order valence-electron chi connectivity index (χ4n) is 3.75. The Hall–Kier alpha value is -1.42. The molecule has 1 aliphatic carbocycles. The summed E-state index contributed by atoms with van der Waals surface area (Å²) in [5.41, 5.74) is 1.59. The number of rotatable bonds is 2. The normalized spacial score (nSPS) is 29.9. The van der Waals surface area contributed by atoms with Crippen molar-refractivity contribution in [3.05, 3.63) is 29.6 Å². The molecule has 1 aromatic rings. The van der Waals surface area contributed by atoms with Crippen molar-refractivity contribution in [2.75, 3.05) is 6.54 Å². The molecule has 108 valence electrons. The first-order valence-electron chi connectivity index (χ1n) is 7.58. The molecule has 0 spiro atoms. The maximum Gasteiger partial charge on any atom is 0.254 e. The van der Waals surface area contributed by atoms with Crippen molar-refractivity contribution in [3.8, 4) is 0 Å². The highest BCUT2D eigenvalue weighted by molar-refractivity contribution is 5.94. The van der Waals surface area contributed by atoms with Gasteiger partial charge in [0.05, 0.1) is 6.10 Å². The van der Waals surface area contributed by atoms with Crippen LogP contribution in [0, 0.1) is 12.8 Å². The third kappa shape index (κ3) is 2.44. The summed E-state index contributed by atoms with van der Waals surface area (Å²) < 4.78 is 0. The van der Waals surface area contributed by atoms with E-state index in [9.17, 15) is 9.90 Å². The van der Waals surface area contributed by atoms with Crippen molar-refractivity contribution < 1.29 is 9.90 Å². The molecule has 0 radical (unpaired) electrons. The van der Waals surface area contributed by atoms with Crippen LogP contribution in [0.5, 0.6) is 0 Å². The Kier molecular flexibility index (Phi) is 3.74. The molecular formula is C16H22N2O2. The van der Waals surface area contributed by atoms with Gasteiger partial charge in [-0.2, -0.15) is 0 Å². The van der Waals surface area contributed by atoms with Crippen LogP contribution in [0.25, 0.3) is 0 Å². The van der Waals surface area contributed by atoms with Crippen LogP contribution in [0.2, 0.25) is 0 Å². The molecule has 0 aromatic carbocycles. The molecular weight excluding hydrogens is 252 g/mol. The van der Waals surface area contributed by atoms with E-state index in [-0.39, 0.29) is 24.0 Å². The van der Waals surface area contributed by atoms with Crippen molar-refractivity contribution in [3.63, 3.8) is 0 Å². The molecule has 0 bridgehead atoms. The Morgan fingerprint density at radius 2 is 2.20 bits per heavy atom. The third-order valence-corrected chi connectivity index (χ3v) is 4.73. The summed E-state index contributed by atoms with van der Waals surface area (Å²) in [6.45, 7) is 2.72. The smallest absolute Gasteiger partial charge is 0.254 e.